The molecule has 35 heavy (non-hydrogen) atoms. The summed E-state index contributed by atoms with van der Waals surface area (Å²) in [5.41, 5.74) is -0.189. The fourth-order valence-corrected chi connectivity index (χ4v) is 4.00. The van der Waals surface area contributed by atoms with Crippen LogP contribution in [0.2, 0.25) is 0 Å². The van der Waals surface area contributed by atoms with Crippen molar-refractivity contribution in [3.05, 3.63) is 40.6 Å². The van der Waals surface area contributed by atoms with Gasteiger partial charge in [-0.1, -0.05) is 6.92 Å². The molecule has 11 nitrogen and oxygen atoms in total. The van der Waals surface area contributed by atoms with Crippen molar-refractivity contribution < 1.29 is 48.9 Å². The van der Waals surface area contributed by atoms with Crippen molar-refractivity contribution in [2.45, 2.75) is 44.1 Å². The molecular formula is C24H26O11. The van der Waals surface area contributed by atoms with Crippen LogP contribution in [0.3, 0.4) is 0 Å². The van der Waals surface area contributed by atoms with E-state index in [0.29, 0.717) is 12.0 Å². The van der Waals surface area contributed by atoms with Crippen LogP contribution in [0.15, 0.2) is 39.5 Å². The molecular weight excluding hydrogens is 464 g/mol. The second-order valence-corrected chi connectivity index (χ2v) is 8.03. The Hall–Kier alpha value is -3.51. The van der Waals surface area contributed by atoms with Gasteiger partial charge in [0.1, 0.15) is 35.0 Å². The van der Waals surface area contributed by atoms with Gasteiger partial charge in [-0.15, -0.1) is 0 Å². The minimum atomic E-state index is -1.55. The highest BCUT2D eigenvalue weighted by atomic mass is 16.7. The molecule has 0 spiro atoms. The van der Waals surface area contributed by atoms with E-state index in [-0.39, 0.29) is 39.7 Å². The summed E-state index contributed by atoms with van der Waals surface area (Å²) in [6.07, 6.45) is -6.05. The summed E-state index contributed by atoms with van der Waals surface area (Å²) in [4.78, 5) is 12.7. The van der Waals surface area contributed by atoms with Crippen LogP contribution in [-0.4, -0.2) is 70.5 Å². The fraction of sp³-hybridized carbons (Fsp3) is 0.375. The molecule has 5 N–H and O–H groups in total. The lowest BCUT2D eigenvalue weighted by molar-refractivity contribution is -0.272. The zero-order valence-corrected chi connectivity index (χ0v) is 19.2. The zero-order valence-electron chi connectivity index (χ0n) is 19.2. The molecule has 0 aliphatic carbocycles. The van der Waals surface area contributed by atoms with Crippen molar-refractivity contribution in [2.75, 3.05) is 14.2 Å². The van der Waals surface area contributed by atoms with Crippen LogP contribution in [0.4, 0.5) is 0 Å². The quantitative estimate of drug-likeness (QED) is 0.339. The first-order chi connectivity index (χ1) is 16.7. The number of hydrogen-bond donors (Lipinski definition) is 5. The van der Waals surface area contributed by atoms with Gasteiger partial charge in [0.05, 0.1) is 20.3 Å². The van der Waals surface area contributed by atoms with Crippen molar-refractivity contribution in [3.8, 4) is 40.1 Å². The van der Waals surface area contributed by atoms with Crippen molar-refractivity contribution >= 4 is 11.0 Å². The van der Waals surface area contributed by atoms with E-state index in [1.54, 1.807) is 6.92 Å². The number of methoxy groups -OCH3 is 2. The van der Waals surface area contributed by atoms with Crippen molar-refractivity contribution in [1.82, 2.24) is 0 Å². The van der Waals surface area contributed by atoms with E-state index >= 15 is 0 Å². The van der Waals surface area contributed by atoms with Gasteiger partial charge in [-0.2, -0.15) is 0 Å². The number of phenols is 2. The monoisotopic (exact) mass is 490 g/mol. The number of benzene rings is 2. The van der Waals surface area contributed by atoms with Gasteiger partial charge in [0, 0.05) is 17.7 Å². The van der Waals surface area contributed by atoms with Gasteiger partial charge in [-0.25, -0.2) is 0 Å². The Morgan fingerprint density at radius 1 is 0.943 bits per heavy atom. The van der Waals surface area contributed by atoms with Gasteiger partial charge in [-0.05, 0) is 24.6 Å². The molecule has 1 aromatic heterocycles. The summed E-state index contributed by atoms with van der Waals surface area (Å²) in [7, 11) is 2.70. The summed E-state index contributed by atoms with van der Waals surface area (Å²) >= 11 is 0. The fourth-order valence-electron chi connectivity index (χ4n) is 4.00. The molecule has 0 saturated carbocycles. The topological polar surface area (TPSA) is 168 Å². The minimum absolute atomic E-state index is 0.00531. The molecule has 188 valence electrons. The van der Waals surface area contributed by atoms with Gasteiger partial charge in [0.2, 0.25) is 12.0 Å². The summed E-state index contributed by atoms with van der Waals surface area (Å²) in [5.74, 6) is -0.595. The highest BCUT2D eigenvalue weighted by Crippen LogP contribution is 2.42. The van der Waals surface area contributed by atoms with Crippen LogP contribution in [0.1, 0.15) is 13.3 Å². The Balaban J connectivity index is 1.67. The third-order valence-electron chi connectivity index (χ3n) is 5.89. The summed E-state index contributed by atoms with van der Waals surface area (Å²) in [6.45, 7) is 1.74. The first-order valence-electron chi connectivity index (χ1n) is 10.8. The highest BCUT2D eigenvalue weighted by Gasteiger charge is 2.44. The largest absolute Gasteiger partial charge is 0.504 e. The lowest BCUT2D eigenvalue weighted by Gasteiger charge is -2.40. The summed E-state index contributed by atoms with van der Waals surface area (Å²) in [5, 5.41) is 51.1. The van der Waals surface area contributed by atoms with Gasteiger partial charge < -0.3 is 48.9 Å². The lowest BCUT2D eigenvalue weighted by Crippen LogP contribution is -2.58. The SMILES string of the molecule is CCC1O[C@@H](Oc2ccc(-c3cc(=O)c4c(O)c(OC)c(OC)cc4o3)cc2O)C(O)C(O)[C@@H]1O. The normalized spacial score (nSPS) is 24.3. The maximum atomic E-state index is 12.7. The number of aliphatic hydroxyl groups excluding tert-OH is 3. The molecule has 1 saturated heterocycles. The summed E-state index contributed by atoms with van der Waals surface area (Å²) < 4.78 is 27.2. The van der Waals surface area contributed by atoms with Crippen LogP contribution in [0, 0.1) is 0 Å². The molecule has 11 heteroatoms. The molecule has 1 fully saturated rings. The number of aromatic hydroxyl groups is 2. The van der Waals surface area contributed by atoms with Crippen molar-refractivity contribution in [3.63, 3.8) is 0 Å². The van der Waals surface area contributed by atoms with Crippen molar-refractivity contribution in [2.24, 2.45) is 0 Å². The average molecular weight is 490 g/mol. The van der Waals surface area contributed by atoms with E-state index in [9.17, 15) is 30.3 Å². The Morgan fingerprint density at radius 3 is 2.31 bits per heavy atom. The Labute approximate surface area is 199 Å². The molecule has 3 unspecified atom stereocenters. The number of rotatable bonds is 6. The maximum absolute atomic E-state index is 12.7. The smallest absolute Gasteiger partial charge is 0.229 e. The molecule has 2 heterocycles. The van der Waals surface area contributed by atoms with E-state index in [4.69, 9.17) is 23.4 Å². The molecule has 1 aliphatic rings. The molecule has 0 amide bonds. The van der Waals surface area contributed by atoms with Crippen LogP contribution >= 0.6 is 0 Å². The first-order valence-corrected chi connectivity index (χ1v) is 10.8. The zero-order chi connectivity index (χ0) is 25.4. The lowest BCUT2D eigenvalue weighted by atomic mass is 9.97. The number of ether oxygens (including phenoxy) is 4. The maximum Gasteiger partial charge on any atom is 0.229 e. The number of phenolic OH excluding ortho intramolecular Hbond substituents is 2. The summed E-state index contributed by atoms with van der Waals surface area (Å²) in [6, 6.07) is 6.70. The number of fused-ring (bicyclic) bond motifs is 1. The number of hydrogen-bond acceptors (Lipinski definition) is 11. The number of aliphatic hydroxyl groups is 3. The van der Waals surface area contributed by atoms with E-state index in [0.717, 1.165) is 6.07 Å². The second-order valence-electron chi connectivity index (χ2n) is 8.03. The van der Waals surface area contributed by atoms with E-state index in [1.165, 1.54) is 38.5 Å². The Morgan fingerprint density at radius 2 is 1.69 bits per heavy atom. The third kappa shape index (κ3) is 4.34. The van der Waals surface area contributed by atoms with Gasteiger partial charge in [0.25, 0.3) is 0 Å². The van der Waals surface area contributed by atoms with Crippen LogP contribution in [0.5, 0.6) is 28.7 Å². The van der Waals surface area contributed by atoms with Gasteiger partial charge in [-0.3, -0.25) is 4.79 Å². The van der Waals surface area contributed by atoms with E-state index in [2.05, 4.69) is 0 Å². The molecule has 0 bridgehead atoms. The average Bonchev–Trinajstić information content (AvgIpc) is 2.84. The highest BCUT2D eigenvalue weighted by molar-refractivity contribution is 5.89. The first kappa shape index (κ1) is 24.6. The predicted octanol–water partition coefficient (Wildman–Crippen LogP) is 1.48. The third-order valence-corrected chi connectivity index (χ3v) is 5.89. The Bertz CT molecular complexity index is 1280. The van der Waals surface area contributed by atoms with Crippen LogP contribution in [-0.2, 0) is 4.74 Å². The molecule has 2 aromatic carbocycles. The van der Waals surface area contributed by atoms with Crippen molar-refractivity contribution in [1.29, 1.82) is 0 Å². The molecule has 5 atom stereocenters. The van der Waals surface area contributed by atoms with Crippen LogP contribution in [0.25, 0.3) is 22.3 Å². The standard InChI is InChI=1S/C24H26O11/c1-4-13-19(27)21(29)22(30)24(34-13)35-14-6-5-10(7-11(14)25)15-8-12(26)18-16(33-15)9-17(31-2)23(32-3)20(18)28/h5-9,13,19,21-22,24-25,27-30H,4H2,1-3H3/t13?,19-,21?,22?,24+/m1/s1. The predicted molar refractivity (Wildman–Crippen MR) is 122 cm³/mol. The minimum Gasteiger partial charge on any atom is -0.504 e. The second kappa shape index (κ2) is 9.62. The van der Waals surface area contributed by atoms with E-state index < -0.39 is 41.9 Å². The van der Waals surface area contributed by atoms with Gasteiger partial charge in [0.15, 0.2) is 28.4 Å². The molecule has 4 rings (SSSR count). The molecule has 3 aromatic rings. The molecule has 1 aliphatic heterocycles. The van der Waals surface area contributed by atoms with E-state index in [1.807, 2.05) is 0 Å². The van der Waals surface area contributed by atoms with Gasteiger partial charge >= 0.3 is 0 Å². The Kier molecular flexibility index (Phi) is 6.77. The van der Waals surface area contributed by atoms with Crippen LogP contribution < -0.4 is 19.6 Å². The molecule has 0 radical (unpaired) electrons.